The third-order valence-corrected chi connectivity index (χ3v) is 6.54. The van der Waals surface area contributed by atoms with Crippen LogP contribution in [0.5, 0.6) is 17.2 Å². The normalized spacial score (nSPS) is 11.2. The van der Waals surface area contributed by atoms with Crippen LogP contribution in [-0.4, -0.2) is 45.8 Å². The zero-order chi connectivity index (χ0) is 30.9. The van der Waals surface area contributed by atoms with Gasteiger partial charge in [-0.2, -0.15) is 5.10 Å². The van der Waals surface area contributed by atoms with Gasteiger partial charge in [0.05, 0.1) is 30.5 Å². The average molecular weight is 586 g/mol. The van der Waals surface area contributed by atoms with Crippen molar-refractivity contribution in [3.8, 4) is 17.2 Å². The van der Waals surface area contributed by atoms with Crippen LogP contribution < -0.4 is 20.7 Å². The number of fused-ring (bicyclic) bond motifs is 1. The van der Waals surface area contributed by atoms with Gasteiger partial charge in [-0.25, -0.2) is 5.43 Å². The van der Waals surface area contributed by atoms with E-state index in [0.717, 1.165) is 10.8 Å². The van der Waals surface area contributed by atoms with E-state index in [-0.39, 0.29) is 82.2 Å². The molecular weight excluding hydrogens is 556 g/mol. The highest BCUT2D eigenvalue weighted by Gasteiger charge is 2.17. The second kappa shape index (κ2) is 13.9. The number of ketones is 1. The van der Waals surface area contributed by atoms with Gasteiger partial charge in [-0.3, -0.25) is 19.6 Å². The predicted molar refractivity (Wildman–Crippen MR) is 161 cm³/mol. The Morgan fingerprint density at radius 1 is 0.907 bits per heavy atom. The Balaban J connectivity index is 1.49. The minimum atomic E-state index is -0.694. The summed E-state index contributed by atoms with van der Waals surface area (Å²) in [5, 5.41) is 48.7. The molecule has 12 heteroatoms. The number of anilines is 2. The van der Waals surface area contributed by atoms with E-state index in [1.165, 1.54) is 55.6 Å². The van der Waals surface area contributed by atoms with Crippen LogP contribution in [0, 0.1) is 5.21 Å². The van der Waals surface area contributed by atoms with Gasteiger partial charge in [0.25, 0.3) is 5.91 Å². The molecule has 0 aromatic heterocycles. The number of ether oxygens (including phenoxy) is 1. The molecule has 0 aliphatic rings. The first-order chi connectivity index (χ1) is 20.7. The molecule has 4 rings (SSSR count). The van der Waals surface area contributed by atoms with Crippen molar-refractivity contribution in [2.24, 2.45) is 5.10 Å². The van der Waals surface area contributed by atoms with Crippen molar-refractivity contribution >= 4 is 45.5 Å². The number of para-hydroxylation sites is 2. The number of hydrogen-bond donors (Lipinski definition) is 5. The van der Waals surface area contributed by atoms with Gasteiger partial charge >= 0.3 is 0 Å². The third kappa shape index (κ3) is 7.85. The molecule has 0 atom stereocenters. The summed E-state index contributed by atoms with van der Waals surface area (Å²) in [7, 11) is 1.35. The van der Waals surface area contributed by atoms with Gasteiger partial charge in [0.2, 0.25) is 5.91 Å². The maximum Gasteiger partial charge on any atom is 0.275 e. The van der Waals surface area contributed by atoms with E-state index in [0.29, 0.717) is 0 Å². The van der Waals surface area contributed by atoms with Crippen LogP contribution in [0.25, 0.3) is 10.8 Å². The first kappa shape index (κ1) is 30.5. The Labute approximate surface area is 246 Å². The number of hydrazone groups is 1. The maximum atomic E-state index is 13.1. The molecule has 2 amide bonds. The average Bonchev–Trinajstić information content (AvgIpc) is 2.99. The van der Waals surface area contributed by atoms with E-state index < -0.39 is 11.8 Å². The quantitative estimate of drug-likeness (QED) is 0.0855. The molecule has 0 fully saturated rings. The summed E-state index contributed by atoms with van der Waals surface area (Å²) in [5.41, 5.74) is 2.86. The summed E-state index contributed by atoms with van der Waals surface area (Å²) in [4.78, 5) is 38.6. The van der Waals surface area contributed by atoms with Crippen LogP contribution in [0.2, 0.25) is 0 Å². The molecule has 222 valence electrons. The Bertz CT molecular complexity index is 1690. The van der Waals surface area contributed by atoms with Gasteiger partial charge in [-0.1, -0.05) is 36.4 Å². The number of nitrogens with one attached hydrogen (secondary N) is 2. The number of phenols is 2. The van der Waals surface area contributed by atoms with Crippen LogP contribution in [0.3, 0.4) is 0 Å². The molecular formula is C31H29N4O8-. The summed E-state index contributed by atoms with van der Waals surface area (Å²) < 4.78 is 5.08. The Kier molecular flexibility index (Phi) is 9.89. The smallest absolute Gasteiger partial charge is 0.275 e. The number of benzene rings is 4. The van der Waals surface area contributed by atoms with E-state index in [9.17, 15) is 35.0 Å². The fourth-order valence-electron chi connectivity index (χ4n) is 4.33. The number of aromatic hydroxyl groups is 2. The minimum Gasteiger partial charge on any atom is -0.733 e. The van der Waals surface area contributed by atoms with Crippen LogP contribution in [0.4, 0.5) is 11.4 Å². The van der Waals surface area contributed by atoms with Crippen molar-refractivity contribution in [3.05, 3.63) is 95.2 Å². The van der Waals surface area contributed by atoms with Gasteiger partial charge in [-0.05, 0) is 66.1 Å². The van der Waals surface area contributed by atoms with Gasteiger partial charge in [0.15, 0.2) is 17.3 Å². The highest BCUT2D eigenvalue weighted by atomic mass is 16.8. The molecule has 0 aliphatic carbocycles. The van der Waals surface area contributed by atoms with Gasteiger partial charge in [0, 0.05) is 17.7 Å². The first-order valence-electron chi connectivity index (χ1n) is 13.2. The number of methoxy groups -OCH3 is 1. The highest BCUT2D eigenvalue weighted by molar-refractivity contribution is 6.10. The molecule has 0 aliphatic heterocycles. The van der Waals surface area contributed by atoms with Crippen molar-refractivity contribution in [1.29, 1.82) is 0 Å². The number of carbonyl (C=O) groups excluding carboxylic acids is 3. The largest absolute Gasteiger partial charge is 0.733 e. The van der Waals surface area contributed by atoms with Crippen molar-refractivity contribution in [3.63, 3.8) is 0 Å². The fraction of sp³-hybridized carbons (Fsp3) is 0.161. The summed E-state index contributed by atoms with van der Waals surface area (Å²) in [5.74, 6) is -1.79. The van der Waals surface area contributed by atoms with E-state index in [4.69, 9.17) is 4.74 Å². The summed E-state index contributed by atoms with van der Waals surface area (Å²) >= 11 is 0. The van der Waals surface area contributed by atoms with Crippen LogP contribution in [-0.2, 0) is 4.79 Å². The first-order valence-corrected chi connectivity index (χ1v) is 13.2. The number of phenolic OH excluding ortho intramolecular Hbond substituents is 2. The standard InChI is InChI=1S/C31H29N4O8/c1-43-29-17-21(13-14-26(29)36)27(37)18-22(9-6-12-30(39)32-24-10-4-5-11-25(24)35(41)42)33-34-31(40)23-15-19-7-2-3-8-20(19)16-28(23)38/h2-5,7-8,10-11,13-17,36,38,41H,6,9,12,18H2,1H3,(H,32,39)(H,34,40)/q-1/b33-22+. The second-order valence-corrected chi connectivity index (χ2v) is 9.51. The molecule has 0 radical (unpaired) electrons. The number of rotatable bonds is 12. The minimum absolute atomic E-state index is 0.00857. The molecule has 0 unspecified atom stereocenters. The van der Waals surface area contributed by atoms with E-state index in [2.05, 4.69) is 15.8 Å². The SMILES string of the molecule is COc1cc(C(=O)C/C(CCCC(=O)Nc2ccccc2N([O-])O)=N/NC(=O)c2cc3ccccc3cc2O)ccc1O. The lowest BCUT2D eigenvalue weighted by molar-refractivity contribution is -0.116. The van der Waals surface area contributed by atoms with E-state index >= 15 is 0 Å². The maximum absolute atomic E-state index is 13.1. The molecule has 0 spiro atoms. The number of hydrogen-bond acceptors (Lipinski definition) is 10. The van der Waals surface area contributed by atoms with Crippen molar-refractivity contribution in [2.45, 2.75) is 25.7 Å². The molecule has 12 nitrogen and oxygen atoms in total. The van der Waals surface area contributed by atoms with Gasteiger partial charge < -0.3 is 30.7 Å². The Morgan fingerprint density at radius 3 is 2.33 bits per heavy atom. The monoisotopic (exact) mass is 585 g/mol. The molecule has 43 heavy (non-hydrogen) atoms. The molecule has 0 bridgehead atoms. The topological polar surface area (TPSA) is 184 Å². The summed E-state index contributed by atoms with van der Waals surface area (Å²) in [6.07, 6.45) is 0.0975. The lowest BCUT2D eigenvalue weighted by Gasteiger charge is -2.24. The van der Waals surface area contributed by atoms with Crippen molar-refractivity contribution in [2.75, 3.05) is 17.7 Å². The number of Topliss-reactive ketones (excluding diaryl/α,β-unsaturated/α-hetero) is 1. The molecule has 0 saturated carbocycles. The third-order valence-electron chi connectivity index (χ3n) is 6.54. The number of nitrogens with zero attached hydrogens (tertiary/aromatic N) is 2. The Morgan fingerprint density at radius 2 is 1.60 bits per heavy atom. The van der Waals surface area contributed by atoms with E-state index in [1.807, 2.05) is 6.07 Å². The van der Waals surface area contributed by atoms with Crippen molar-refractivity contribution in [1.82, 2.24) is 5.43 Å². The fourth-order valence-corrected chi connectivity index (χ4v) is 4.33. The second-order valence-electron chi connectivity index (χ2n) is 9.51. The predicted octanol–water partition coefficient (Wildman–Crippen LogP) is 5.12. The molecule has 4 aromatic rings. The van der Waals surface area contributed by atoms with Crippen LogP contribution in [0.15, 0.2) is 84.0 Å². The molecule has 0 saturated heterocycles. The van der Waals surface area contributed by atoms with Gasteiger partial charge in [0.1, 0.15) is 5.75 Å². The molecule has 4 aromatic carbocycles. The number of carbonyl (C=O) groups is 3. The Hall–Kier alpha value is -5.46. The zero-order valence-corrected chi connectivity index (χ0v) is 23.1. The van der Waals surface area contributed by atoms with Crippen molar-refractivity contribution < 1.29 is 34.5 Å². The lowest BCUT2D eigenvalue weighted by atomic mass is 10.0. The molecule has 0 heterocycles. The van der Waals surface area contributed by atoms with Crippen LogP contribution in [0.1, 0.15) is 46.4 Å². The van der Waals surface area contributed by atoms with Gasteiger partial charge in [-0.15, -0.1) is 0 Å². The van der Waals surface area contributed by atoms with E-state index in [1.54, 1.807) is 24.3 Å². The van der Waals surface area contributed by atoms with Crippen LogP contribution >= 0.6 is 0 Å². The highest BCUT2D eigenvalue weighted by Crippen LogP contribution is 2.28. The summed E-state index contributed by atoms with van der Waals surface area (Å²) in [6, 6.07) is 20.3. The lowest BCUT2D eigenvalue weighted by Crippen LogP contribution is -2.21. The summed E-state index contributed by atoms with van der Waals surface area (Å²) in [6.45, 7) is 0. The molecule has 5 N–H and O–H groups in total. The number of amides is 2. The zero-order valence-electron chi connectivity index (χ0n) is 23.1.